The average Bonchev–Trinajstić information content (AvgIpc) is 2.58. The van der Waals surface area contributed by atoms with Crippen LogP contribution in [-0.2, 0) is 0 Å². The van der Waals surface area contributed by atoms with Crippen LogP contribution in [0.4, 0.5) is 0 Å². The van der Waals surface area contributed by atoms with Gasteiger partial charge in [0.1, 0.15) is 0 Å². The molecule has 1 aliphatic carbocycles. The number of hydrogen-bond donors (Lipinski definition) is 0. The van der Waals surface area contributed by atoms with E-state index in [2.05, 4.69) is 23.1 Å². The molecule has 0 saturated heterocycles. The largest absolute Gasteiger partial charge is 0.259 e. The van der Waals surface area contributed by atoms with Crippen molar-refractivity contribution in [3.8, 4) is 0 Å². The summed E-state index contributed by atoms with van der Waals surface area (Å²) in [6.45, 7) is 11.4. The number of hydrogen-bond acceptors (Lipinski definition) is 2. The van der Waals surface area contributed by atoms with E-state index in [4.69, 9.17) is 0 Å². The second-order valence-electron chi connectivity index (χ2n) is 3.11. The zero-order valence-corrected chi connectivity index (χ0v) is 9.33. The highest BCUT2D eigenvalue weighted by Crippen LogP contribution is 2.34. The van der Waals surface area contributed by atoms with Crippen molar-refractivity contribution in [2.24, 2.45) is 9.98 Å². The Labute approximate surface area is 91.1 Å². The Bertz CT molecular complexity index is 355. The first-order valence-corrected chi connectivity index (χ1v) is 4.97. The van der Waals surface area contributed by atoms with E-state index in [9.17, 15) is 0 Å². The molecule has 0 saturated carbocycles. The highest BCUT2D eigenvalue weighted by molar-refractivity contribution is 5.65. The average molecular weight is 200 g/mol. The normalized spacial score (nSPS) is 17.2. The molecule has 0 fully saturated rings. The van der Waals surface area contributed by atoms with Crippen LogP contribution in [0.25, 0.3) is 0 Å². The number of aliphatic imine (C=N–C) groups is 2. The maximum absolute atomic E-state index is 4.34. The molecule has 0 N–H and O–H groups in total. The molecule has 1 rings (SSSR count). The second kappa shape index (κ2) is 5.25. The summed E-state index contributed by atoms with van der Waals surface area (Å²) in [5.41, 5.74) is 4.06. The van der Waals surface area contributed by atoms with Gasteiger partial charge in [0.2, 0.25) is 0 Å². The molecule has 0 atom stereocenters. The zero-order valence-electron chi connectivity index (χ0n) is 9.33. The molecule has 0 aromatic rings. The Morgan fingerprint density at radius 3 is 1.60 bits per heavy atom. The van der Waals surface area contributed by atoms with Crippen LogP contribution in [0, 0.1) is 0 Å². The first-order chi connectivity index (χ1) is 7.28. The quantitative estimate of drug-likeness (QED) is 0.621. The van der Waals surface area contributed by atoms with Crippen molar-refractivity contribution >= 4 is 12.4 Å². The number of rotatable bonds is 4. The molecular formula is C13H16N2. The van der Waals surface area contributed by atoms with Crippen molar-refractivity contribution in [2.75, 3.05) is 0 Å². The van der Waals surface area contributed by atoms with E-state index in [0.717, 1.165) is 29.0 Å². The molecule has 2 heteroatoms. The summed E-state index contributed by atoms with van der Waals surface area (Å²) in [5, 5.41) is 0. The summed E-state index contributed by atoms with van der Waals surface area (Å²) in [7, 11) is 0. The molecule has 78 valence electrons. The lowest BCUT2D eigenvalue weighted by molar-refractivity contribution is 1.24. The van der Waals surface area contributed by atoms with Crippen LogP contribution in [0.5, 0.6) is 0 Å². The van der Waals surface area contributed by atoms with Gasteiger partial charge in [-0.15, -0.1) is 0 Å². The summed E-state index contributed by atoms with van der Waals surface area (Å²) < 4.78 is 0. The topological polar surface area (TPSA) is 24.7 Å². The zero-order chi connectivity index (χ0) is 11.3. The summed E-state index contributed by atoms with van der Waals surface area (Å²) >= 11 is 0. The van der Waals surface area contributed by atoms with E-state index in [0.29, 0.717) is 0 Å². The molecule has 0 aromatic carbocycles. The highest BCUT2D eigenvalue weighted by Gasteiger charge is 2.19. The SMILES string of the molecule is C=CC1=C(/N=C\C)C(/N=C\C)=C(C=C)C1. The van der Waals surface area contributed by atoms with E-state index in [1.54, 1.807) is 12.4 Å². The fourth-order valence-electron chi connectivity index (χ4n) is 1.56. The third-order valence-electron chi connectivity index (χ3n) is 2.22. The van der Waals surface area contributed by atoms with Gasteiger partial charge < -0.3 is 0 Å². The van der Waals surface area contributed by atoms with Gasteiger partial charge in [-0.2, -0.15) is 0 Å². The Hall–Kier alpha value is -1.70. The Kier molecular flexibility index (Phi) is 3.98. The summed E-state index contributed by atoms with van der Waals surface area (Å²) in [6, 6.07) is 0. The van der Waals surface area contributed by atoms with Crippen molar-refractivity contribution < 1.29 is 0 Å². The lowest BCUT2D eigenvalue weighted by Crippen LogP contribution is -1.84. The molecule has 1 aliphatic rings. The van der Waals surface area contributed by atoms with Gasteiger partial charge >= 0.3 is 0 Å². The minimum atomic E-state index is 0.826. The molecule has 0 aliphatic heterocycles. The second-order valence-corrected chi connectivity index (χ2v) is 3.11. The van der Waals surface area contributed by atoms with Gasteiger partial charge in [0, 0.05) is 18.9 Å². The molecule has 0 spiro atoms. The predicted molar refractivity (Wildman–Crippen MR) is 67.4 cm³/mol. The van der Waals surface area contributed by atoms with E-state index >= 15 is 0 Å². The van der Waals surface area contributed by atoms with Crippen LogP contribution in [0.2, 0.25) is 0 Å². The Morgan fingerprint density at radius 1 is 0.933 bits per heavy atom. The maximum atomic E-state index is 4.34. The number of allylic oxidation sites excluding steroid dienone is 4. The minimum Gasteiger partial charge on any atom is -0.259 e. The molecular weight excluding hydrogens is 184 g/mol. The molecule has 15 heavy (non-hydrogen) atoms. The standard InChI is InChI=1S/C13H16N2/c1-5-10-9-11(6-2)13(15-8-4)12(10)14-7-3/h5-8H,1-2,9H2,3-4H3/b14-7-,15-8-. The van der Waals surface area contributed by atoms with E-state index < -0.39 is 0 Å². The molecule has 2 nitrogen and oxygen atoms in total. The van der Waals surface area contributed by atoms with Gasteiger partial charge in [-0.25, -0.2) is 0 Å². The van der Waals surface area contributed by atoms with Crippen LogP contribution in [0.15, 0.2) is 57.8 Å². The summed E-state index contributed by atoms with van der Waals surface area (Å²) in [5.74, 6) is 0. The first-order valence-electron chi connectivity index (χ1n) is 4.97. The van der Waals surface area contributed by atoms with Gasteiger partial charge in [-0.3, -0.25) is 9.98 Å². The van der Waals surface area contributed by atoms with Crippen LogP contribution in [0.3, 0.4) is 0 Å². The maximum Gasteiger partial charge on any atom is 0.0919 e. The summed E-state index contributed by atoms with van der Waals surface area (Å²) in [6.07, 6.45) is 8.05. The van der Waals surface area contributed by atoms with Gasteiger partial charge in [0.25, 0.3) is 0 Å². The van der Waals surface area contributed by atoms with Crippen LogP contribution in [0.1, 0.15) is 20.3 Å². The van der Waals surface area contributed by atoms with Gasteiger partial charge in [0.05, 0.1) is 11.4 Å². The van der Waals surface area contributed by atoms with E-state index in [1.165, 1.54) is 0 Å². The lowest BCUT2D eigenvalue weighted by atomic mass is 10.1. The third-order valence-corrected chi connectivity index (χ3v) is 2.22. The van der Waals surface area contributed by atoms with Gasteiger partial charge in [-0.1, -0.05) is 25.3 Å². The van der Waals surface area contributed by atoms with Gasteiger partial charge in [0.15, 0.2) is 0 Å². The lowest BCUT2D eigenvalue weighted by Gasteiger charge is -1.99. The van der Waals surface area contributed by atoms with E-state index in [-0.39, 0.29) is 0 Å². The predicted octanol–water partition coefficient (Wildman–Crippen LogP) is 3.45. The molecule has 0 radical (unpaired) electrons. The van der Waals surface area contributed by atoms with Crippen molar-refractivity contribution in [1.29, 1.82) is 0 Å². The Morgan fingerprint density at radius 2 is 1.33 bits per heavy atom. The van der Waals surface area contributed by atoms with Crippen LogP contribution >= 0.6 is 0 Å². The Balaban J connectivity index is 3.26. The number of nitrogens with zero attached hydrogens (tertiary/aromatic N) is 2. The van der Waals surface area contributed by atoms with Crippen LogP contribution in [-0.4, -0.2) is 12.4 Å². The van der Waals surface area contributed by atoms with Crippen molar-refractivity contribution in [2.45, 2.75) is 20.3 Å². The van der Waals surface area contributed by atoms with Crippen molar-refractivity contribution in [3.05, 3.63) is 47.9 Å². The molecule has 0 unspecified atom stereocenters. The minimum absolute atomic E-state index is 0.826. The highest BCUT2D eigenvalue weighted by atomic mass is 14.9. The fourth-order valence-corrected chi connectivity index (χ4v) is 1.56. The monoisotopic (exact) mass is 200 g/mol. The van der Waals surface area contributed by atoms with Gasteiger partial charge in [-0.05, 0) is 25.0 Å². The van der Waals surface area contributed by atoms with E-state index in [1.807, 2.05) is 26.0 Å². The molecule has 0 amide bonds. The van der Waals surface area contributed by atoms with Crippen molar-refractivity contribution in [1.82, 2.24) is 0 Å². The van der Waals surface area contributed by atoms with Crippen molar-refractivity contribution in [3.63, 3.8) is 0 Å². The molecule has 0 heterocycles. The summed E-state index contributed by atoms with van der Waals surface area (Å²) in [4.78, 5) is 8.68. The third kappa shape index (κ3) is 2.21. The smallest absolute Gasteiger partial charge is 0.0919 e. The molecule has 0 bridgehead atoms. The van der Waals surface area contributed by atoms with Crippen LogP contribution < -0.4 is 0 Å². The first kappa shape index (κ1) is 11.4. The molecule has 0 aromatic heterocycles. The fraction of sp³-hybridized carbons (Fsp3) is 0.231.